The number of halogens is 3. The van der Waals surface area contributed by atoms with Crippen LogP contribution < -0.4 is 5.32 Å². The lowest BCUT2D eigenvalue weighted by molar-refractivity contribution is -0.137. The first kappa shape index (κ1) is 15.4. The summed E-state index contributed by atoms with van der Waals surface area (Å²) in [5.41, 5.74) is 0.433. The van der Waals surface area contributed by atoms with E-state index in [-0.39, 0.29) is 11.6 Å². The van der Waals surface area contributed by atoms with Gasteiger partial charge in [0.25, 0.3) is 0 Å². The number of benzene rings is 1. The van der Waals surface area contributed by atoms with Crippen molar-refractivity contribution in [2.45, 2.75) is 63.7 Å². The van der Waals surface area contributed by atoms with Gasteiger partial charge in [-0.05, 0) is 44.4 Å². The van der Waals surface area contributed by atoms with E-state index < -0.39 is 11.7 Å². The molecule has 1 saturated carbocycles. The number of hydrogen-bond acceptors (Lipinski definition) is 1. The van der Waals surface area contributed by atoms with Crippen LogP contribution in [0.1, 0.15) is 63.1 Å². The van der Waals surface area contributed by atoms with Crippen LogP contribution in [0, 0.1) is 0 Å². The second-order valence-electron chi connectivity index (χ2n) is 6.11. The van der Waals surface area contributed by atoms with Crippen molar-refractivity contribution in [2.75, 3.05) is 0 Å². The molecule has 0 saturated heterocycles. The van der Waals surface area contributed by atoms with Crippen molar-refractivity contribution < 1.29 is 13.2 Å². The van der Waals surface area contributed by atoms with Crippen LogP contribution in [0.5, 0.6) is 0 Å². The molecule has 1 aromatic carbocycles. The van der Waals surface area contributed by atoms with Gasteiger partial charge in [-0.25, -0.2) is 0 Å². The number of rotatable bonds is 3. The average molecular weight is 285 g/mol. The van der Waals surface area contributed by atoms with Crippen LogP contribution in [-0.2, 0) is 6.18 Å². The van der Waals surface area contributed by atoms with Crippen LogP contribution >= 0.6 is 0 Å². The summed E-state index contributed by atoms with van der Waals surface area (Å²) in [6, 6.07) is 5.55. The first-order valence-electron chi connectivity index (χ1n) is 7.25. The largest absolute Gasteiger partial charge is 0.416 e. The Morgan fingerprint density at radius 1 is 1.05 bits per heavy atom. The second-order valence-corrected chi connectivity index (χ2v) is 6.11. The van der Waals surface area contributed by atoms with Crippen LogP contribution in [0.25, 0.3) is 0 Å². The fourth-order valence-corrected chi connectivity index (χ4v) is 3.04. The van der Waals surface area contributed by atoms with Crippen LogP contribution in [0.4, 0.5) is 13.2 Å². The van der Waals surface area contributed by atoms with Gasteiger partial charge in [-0.1, -0.05) is 31.4 Å². The molecule has 20 heavy (non-hydrogen) atoms. The quantitative estimate of drug-likeness (QED) is 0.816. The molecule has 1 atom stereocenters. The lowest BCUT2D eigenvalue weighted by atomic mass is 9.82. The maximum atomic E-state index is 12.5. The molecule has 0 aromatic heterocycles. The monoisotopic (exact) mass is 285 g/mol. The Labute approximate surface area is 118 Å². The highest BCUT2D eigenvalue weighted by molar-refractivity contribution is 5.26. The zero-order chi connectivity index (χ0) is 14.8. The van der Waals surface area contributed by atoms with Crippen molar-refractivity contribution >= 4 is 0 Å². The molecule has 112 valence electrons. The maximum Gasteiger partial charge on any atom is 0.416 e. The number of nitrogens with one attached hydrogen (secondary N) is 1. The Hall–Kier alpha value is -1.03. The van der Waals surface area contributed by atoms with E-state index in [1.165, 1.54) is 19.3 Å². The van der Waals surface area contributed by atoms with Gasteiger partial charge in [-0.3, -0.25) is 0 Å². The summed E-state index contributed by atoms with van der Waals surface area (Å²) in [6.45, 7) is 4.23. The summed E-state index contributed by atoms with van der Waals surface area (Å²) in [4.78, 5) is 0. The van der Waals surface area contributed by atoms with E-state index in [2.05, 4.69) is 12.2 Å². The highest BCUT2D eigenvalue weighted by Crippen LogP contribution is 2.32. The second kappa shape index (κ2) is 5.76. The Morgan fingerprint density at radius 2 is 1.60 bits per heavy atom. The van der Waals surface area contributed by atoms with Crippen LogP contribution in [-0.4, -0.2) is 5.54 Å². The predicted molar refractivity (Wildman–Crippen MR) is 74.5 cm³/mol. The number of alkyl halides is 3. The average Bonchev–Trinajstić information content (AvgIpc) is 2.38. The Morgan fingerprint density at radius 3 is 2.10 bits per heavy atom. The summed E-state index contributed by atoms with van der Waals surface area (Å²) in [5, 5.41) is 3.59. The third-order valence-electron chi connectivity index (χ3n) is 4.26. The summed E-state index contributed by atoms with van der Waals surface area (Å²) < 4.78 is 37.6. The van der Waals surface area contributed by atoms with Crippen LogP contribution in [0.2, 0.25) is 0 Å². The summed E-state index contributed by atoms with van der Waals surface area (Å²) in [6.07, 6.45) is 1.75. The zero-order valence-corrected chi connectivity index (χ0v) is 12.1. The van der Waals surface area contributed by atoms with E-state index in [1.54, 1.807) is 12.1 Å². The minimum atomic E-state index is -4.26. The highest BCUT2D eigenvalue weighted by atomic mass is 19.4. The first-order chi connectivity index (χ1) is 9.30. The van der Waals surface area contributed by atoms with Crippen LogP contribution in [0.3, 0.4) is 0 Å². The standard InChI is InChI=1S/C16H22F3N/c1-12(20-15(2)10-4-3-5-11-15)13-6-8-14(9-7-13)16(17,18)19/h6-9,12,20H,3-5,10-11H2,1-2H3. The third-order valence-corrected chi connectivity index (χ3v) is 4.26. The normalized spacial score (nSPS) is 20.6. The van der Waals surface area contributed by atoms with E-state index in [1.807, 2.05) is 6.92 Å². The van der Waals surface area contributed by atoms with Crippen molar-refractivity contribution in [3.8, 4) is 0 Å². The van der Waals surface area contributed by atoms with E-state index in [9.17, 15) is 13.2 Å². The highest BCUT2D eigenvalue weighted by Gasteiger charge is 2.31. The molecule has 0 bridgehead atoms. The van der Waals surface area contributed by atoms with E-state index in [0.29, 0.717) is 0 Å². The fraction of sp³-hybridized carbons (Fsp3) is 0.625. The molecular weight excluding hydrogens is 263 g/mol. The molecule has 1 aliphatic carbocycles. The van der Waals surface area contributed by atoms with Crippen molar-refractivity contribution in [2.24, 2.45) is 0 Å². The van der Waals surface area contributed by atoms with Gasteiger partial charge < -0.3 is 5.32 Å². The molecule has 2 rings (SSSR count). The van der Waals surface area contributed by atoms with Crippen molar-refractivity contribution in [1.29, 1.82) is 0 Å². The number of hydrogen-bond donors (Lipinski definition) is 1. The van der Waals surface area contributed by atoms with Gasteiger partial charge in [0.05, 0.1) is 5.56 Å². The lowest BCUT2D eigenvalue weighted by Gasteiger charge is -2.37. The molecule has 0 amide bonds. The minimum absolute atomic E-state index is 0.0698. The SMILES string of the molecule is CC(NC1(C)CCCCC1)c1ccc(C(F)(F)F)cc1. The van der Waals surface area contributed by atoms with E-state index >= 15 is 0 Å². The maximum absolute atomic E-state index is 12.5. The zero-order valence-electron chi connectivity index (χ0n) is 12.1. The van der Waals surface area contributed by atoms with Gasteiger partial charge >= 0.3 is 6.18 Å². The molecule has 0 aliphatic heterocycles. The molecule has 1 unspecified atom stereocenters. The minimum Gasteiger partial charge on any atom is -0.305 e. The van der Waals surface area contributed by atoms with Crippen molar-refractivity contribution in [3.05, 3.63) is 35.4 Å². The summed E-state index contributed by atoms with van der Waals surface area (Å²) in [5.74, 6) is 0. The van der Waals surface area contributed by atoms with Gasteiger partial charge in [-0.2, -0.15) is 13.2 Å². The molecule has 1 fully saturated rings. The Bertz CT molecular complexity index is 430. The molecule has 1 N–H and O–H groups in total. The van der Waals surface area contributed by atoms with Gasteiger partial charge in [0, 0.05) is 11.6 Å². The van der Waals surface area contributed by atoms with Gasteiger partial charge in [0.2, 0.25) is 0 Å². The third kappa shape index (κ3) is 3.75. The molecule has 1 aliphatic rings. The summed E-state index contributed by atoms with van der Waals surface area (Å²) >= 11 is 0. The molecule has 0 spiro atoms. The Kier molecular flexibility index (Phi) is 4.43. The lowest BCUT2D eigenvalue weighted by Crippen LogP contribution is -2.45. The van der Waals surface area contributed by atoms with E-state index in [4.69, 9.17) is 0 Å². The molecule has 1 aromatic rings. The molecular formula is C16H22F3N. The van der Waals surface area contributed by atoms with Gasteiger partial charge in [-0.15, -0.1) is 0 Å². The molecule has 0 radical (unpaired) electrons. The van der Waals surface area contributed by atoms with E-state index in [0.717, 1.165) is 30.5 Å². The topological polar surface area (TPSA) is 12.0 Å². The van der Waals surface area contributed by atoms with Gasteiger partial charge in [0.1, 0.15) is 0 Å². The van der Waals surface area contributed by atoms with Crippen LogP contribution in [0.15, 0.2) is 24.3 Å². The van der Waals surface area contributed by atoms with Crippen molar-refractivity contribution in [1.82, 2.24) is 5.32 Å². The smallest absolute Gasteiger partial charge is 0.305 e. The molecule has 0 heterocycles. The first-order valence-corrected chi connectivity index (χ1v) is 7.25. The molecule has 1 nitrogen and oxygen atoms in total. The summed E-state index contributed by atoms with van der Waals surface area (Å²) in [7, 11) is 0. The Balaban J connectivity index is 2.04. The fourth-order valence-electron chi connectivity index (χ4n) is 3.04. The predicted octanol–water partition coefficient (Wildman–Crippen LogP) is 5.08. The molecule has 4 heteroatoms. The van der Waals surface area contributed by atoms with Crippen molar-refractivity contribution in [3.63, 3.8) is 0 Å². The van der Waals surface area contributed by atoms with Gasteiger partial charge in [0.15, 0.2) is 0 Å².